The summed E-state index contributed by atoms with van der Waals surface area (Å²) in [5, 5.41) is 13.9. The van der Waals surface area contributed by atoms with E-state index in [0.717, 1.165) is 0 Å². The van der Waals surface area contributed by atoms with Crippen LogP contribution in [0.5, 0.6) is 0 Å². The molecule has 0 aromatic rings. The van der Waals surface area contributed by atoms with Crippen molar-refractivity contribution in [3.05, 3.63) is 0 Å². The summed E-state index contributed by atoms with van der Waals surface area (Å²) in [5.41, 5.74) is 0. The van der Waals surface area contributed by atoms with Gasteiger partial charge < -0.3 is 13.1 Å². The molecule has 0 amide bonds. The van der Waals surface area contributed by atoms with E-state index in [1.54, 1.807) is 0 Å². The molecule has 3 nitrogen and oxygen atoms in total. The minimum atomic E-state index is -1.83. The Morgan fingerprint density at radius 1 is 1.43 bits per heavy atom. The van der Waals surface area contributed by atoms with Gasteiger partial charge in [-0.15, -0.1) is 0 Å². The Labute approximate surface area is 119 Å². The van der Waals surface area contributed by atoms with Crippen LogP contribution in [-0.4, -0.2) is 61.9 Å². The van der Waals surface area contributed by atoms with Gasteiger partial charge in [-0.25, -0.2) is 4.79 Å². The first-order valence-corrected chi connectivity index (χ1v) is 0.651. The molecule has 0 fully saturated rings. The van der Waals surface area contributed by atoms with Gasteiger partial charge >= 0.3 is 51.6 Å². The summed E-state index contributed by atoms with van der Waals surface area (Å²) < 4.78 is 0. The third-order valence-corrected chi connectivity index (χ3v) is 0. The van der Waals surface area contributed by atoms with Gasteiger partial charge in [-0.05, 0) is 0 Å². The van der Waals surface area contributed by atoms with Gasteiger partial charge in [0.2, 0.25) is 0 Å². The zero-order valence-corrected chi connectivity index (χ0v) is 11.5. The SMILES string of the molecule is O=C(O)O.[H-].[H-].[La].[Ni].[Sr+2]. The third kappa shape index (κ3) is 58.8. The first-order chi connectivity index (χ1) is 1.73. The van der Waals surface area contributed by atoms with Gasteiger partial charge in [-0.1, -0.05) is 0 Å². The van der Waals surface area contributed by atoms with E-state index in [-0.39, 0.29) is 100 Å². The third-order valence-electron chi connectivity index (χ3n) is 0. The van der Waals surface area contributed by atoms with Crippen molar-refractivity contribution in [2.24, 2.45) is 0 Å². The normalized spacial score (nSPS) is 3.43. The van der Waals surface area contributed by atoms with Crippen LogP contribution < -0.4 is 0 Å². The largest absolute Gasteiger partial charge is 2.00 e. The molecule has 0 saturated carbocycles. The molecule has 0 spiro atoms. The Bertz CT molecular complexity index is 44.8. The molecule has 2 N–H and O–H groups in total. The maximum absolute atomic E-state index is 8.56. The van der Waals surface area contributed by atoms with Crippen LogP contribution in [0.25, 0.3) is 0 Å². The molecule has 0 rings (SSSR count). The molecule has 0 aromatic carbocycles. The fourth-order valence-corrected chi connectivity index (χ4v) is 0. The maximum Gasteiger partial charge on any atom is 2.00 e. The monoisotopic (exact) mass is 349 g/mol. The molecule has 7 heavy (non-hydrogen) atoms. The zero-order chi connectivity index (χ0) is 3.58. The van der Waals surface area contributed by atoms with Crippen LogP contribution in [0.3, 0.4) is 0 Å². The topological polar surface area (TPSA) is 57.5 Å². The van der Waals surface area contributed by atoms with E-state index in [0.29, 0.717) is 0 Å². The van der Waals surface area contributed by atoms with Gasteiger partial charge in [0.1, 0.15) is 0 Å². The molecule has 0 atom stereocenters. The molecule has 0 heterocycles. The van der Waals surface area contributed by atoms with E-state index in [1.807, 2.05) is 0 Å². The van der Waals surface area contributed by atoms with E-state index in [1.165, 1.54) is 0 Å². The van der Waals surface area contributed by atoms with Crippen molar-refractivity contribution in [2.45, 2.75) is 0 Å². The standard InChI is InChI=1S/CH2O3.La.Ni.Sr.2H/c2-1(3)4;;;;;/h(H2,2,3,4);;;;;/q;;;+2;2*-1. The number of carboxylic acid groups (broad SMARTS) is 2. The van der Waals surface area contributed by atoms with Gasteiger partial charge in [0.25, 0.3) is 0 Å². The second-order valence-electron chi connectivity index (χ2n) is 0.283. The minimum Gasteiger partial charge on any atom is -1.00 e. The van der Waals surface area contributed by atoms with Crippen LogP contribution >= 0.6 is 0 Å². The van der Waals surface area contributed by atoms with Gasteiger partial charge in [0.05, 0.1) is 0 Å². The average Bonchev–Trinajstić information content (AvgIpc) is 0.811. The summed E-state index contributed by atoms with van der Waals surface area (Å²) in [5.74, 6) is 0. The molecule has 0 aromatic heterocycles. The van der Waals surface area contributed by atoms with Crippen molar-refractivity contribution in [3.8, 4) is 0 Å². The van der Waals surface area contributed by atoms with E-state index >= 15 is 0 Å². The fourth-order valence-electron chi connectivity index (χ4n) is 0. The van der Waals surface area contributed by atoms with Crippen LogP contribution in [0, 0.1) is 35.6 Å². The van der Waals surface area contributed by atoms with Crippen LogP contribution in [0.1, 0.15) is 2.85 Å². The summed E-state index contributed by atoms with van der Waals surface area (Å²) in [7, 11) is 0. The number of carbonyl (C=O) groups is 1. The van der Waals surface area contributed by atoms with Crippen molar-refractivity contribution in [3.63, 3.8) is 0 Å². The predicted molar refractivity (Wildman–Crippen MR) is 18.6 cm³/mol. The Morgan fingerprint density at radius 3 is 1.43 bits per heavy atom. The molecular formula is CH4LaNiO3Sr. The second kappa shape index (κ2) is 15.8. The van der Waals surface area contributed by atoms with Crippen LogP contribution in [0.2, 0.25) is 0 Å². The second-order valence-corrected chi connectivity index (χ2v) is 0.283. The van der Waals surface area contributed by atoms with Gasteiger partial charge in [0.15, 0.2) is 0 Å². The number of hydrogen-bond acceptors (Lipinski definition) is 1. The van der Waals surface area contributed by atoms with E-state index in [2.05, 4.69) is 0 Å². The molecule has 6 heteroatoms. The van der Waals surface area contributed by atoms with Gasteiger partial charge in [0, 0.05) is 52.1 Å². The number of rotatable bonds is 0. The molecule has 0 bridgehead atoms. The molecular weight excluding hydrogens is 345 g/mol. The van der Waals surface area contributed by atoms with Crippen molar-refractivity contribution in [1.29, 1.82) is 0 Å². The average molecular weight is 349 g/mol. The molecule has 0 aliphatic carbocycles. The van der Waals surface area contributed by atoms with Crippen molar-refractivity contribution >= 4 is 51.6 Å². The van der Waals surface area contributed by atoms with Gasteiger partial charge in [-0.2, -0.15) is 0 Å². The summed E-state index contributed by atoms with van der Waals surface area (Å²) >= 11 is 0. The van der Waals surface area contributed by atoms with Crippen molar-refractivity contribution in [1.82, 2.24) is 0 Å². The summed E-state index contributed by atoms with van der Waals surface area (Å²) in [6, 6.07) is 0. The Morgan fingerprint density at radius 2 is 1.43 bits per heavy atom. The van der Waals surface area contributed by atoms with Crippen LogP contribution in [0.4, 0.5) is 4.79 Å². The summed E-state index contributed by atoms with van der Waals surface area (Å²) in [4.78, 5) is 8.56. The molecule has 0 unspecified atom stereocenters. The molecule has 0 aliphatic rings. The predicted octanol–water partition coefficient (Wildman–Crippen LogP) is 0.0641. The number of hydrogen-bond donors (Lipinski definition) is 2. The molecule has 1 radical (unpaired) electrons. The smallest absolute Gasteiger partial charge is 1.00 e. The van der Waals surface area contributed by atoms with E-state index in [4.69, 9.17) is 15.0 Å². The minimum absolute atomic E-state index is 0. The summed E-state index contributed by atoms with van der Waals surface area (Å²) in [6.07, 6.45) is -1.83. The van der Waals surface area contributed by atoms with Crippen molar-refractivity contribution < 1.29 is 70.0 Å². The maximum atomic E-state index is 8.56. The van der Waals surface area contributed by atoms with E-state index < -0.39 is 6.16 Å². The first-order valence-electron chi connectivity index (χ1n) is 0.651. The quantitative estimate of drug-likeness (QED) is 0.609. The van der Waals surface area contributed by atoms with Crippen molar-refractivity contribution in [2.75, 3.05) is 0 Å². The molecule has 0 aliphatic heterocycles. The Kier molecular flexibility index (Phi) is 51.2. The summed E-state index contributed by atoms with van der Waals surface area (Å²) in [6.45, 7) is 0. The fraction of sp³-hybridized carbons (Fsp3) is 0. The van der Waals surface area contributed by atoms with Crippen LogP contribution in [-0.2, 0) is 16.5 Å². The first kappa shape index (κ1) is 22.7. The van der Waals surface area contributed by atoms with E-state index in [9.17, 15) is 0 Å². The zero-order valence-electron chi connectivity index (χ0n) is 5.40. The molecule has 0 saturated heterocycles. The molecule has 41 valence electrons. The Balaban J connectivity index is -0.00000000450. The van der Waals surface area contributed by atoms with Crippen LogP contribution in [0.15, 0.2) is 0 Å². The Hall–Kier alpha value is 2.44. The van der Waals surface area contributed by atoms with Gasteiger partial charge in [-0.3, -0.25) is 0 Å².